The van der Waals surface area contributed by atoms with E-state index < -0.39 is 17.5 Å². The number of benzene rings is 1. The van der Waals surface area contributed by atoms with Gasteiger partial charge in [0, 0.05) is 44.3 Å². The summed E-state index contributed by atoms with van der Waals surface area (Å²) in [6.07, 6.45) is 3.06. The van der Waals surface area contributed by atoms with E-state index in [9.17, 15) is 13.6 Å². The van der Waals surface area contributed by atoms with Crippen molar-refractivity contribution >= 4 is 40.0 Å². The first-order chi connectivity index (χ1) is 16.0. The molecular formula is C23H30F2N8O. The standard InChI is InChI=1S/C23H30F2N8O/c1-11(26)18(7-12-5-6-12)29-22-17(25)10-15(20(27)34)21(30-22)28-13-8-14-19(16(24)9-13)33(4)31-23(14)32(2)3/h8-12,18H,5-7,26H2,1-4H3,(H2,27,34)(H2,28,29,30)/t11-,18+/m0/s1. The normalized spacial score (nSPS) is 15.3. The van der Waals surface area contributed by atoms with E-state index in [-0.39, 0.29) is 29.3 Å². The Labute approximate surface area is 196 Å². The van der Waals surface area contributed by atoms with Gasteiger partial charge in [-0.15, -0.1) is 0 Å². The van der Waals surface area contributed by atoms with Gasteiger partial charge in [0.05, 0.1) is 5.56 Å². The molecule has 3 aromatic rings. The molecule has 2 aromatic heterocycles. The van der Waals surface area contributed by atoms with Crippen molar-refractivity contribution in [1.29, 1.82) is 0 Å². The van der Waals surface area contributed by atoms with Gasteiger partial charge in [-0.1, -0.05) is 12.8 Å². The number of aromatic nitrogens is 3. The number of hydrogen-bond donors (Lipinski definition) is 4. The fourth-order valence-electron chi connectivity index (χ4n) is 4.05. The van der Waals surface area contributed by atoms with Crippen LogP contribution in [0.4, 0.5) is 31.9 Å². The number of aryl methyl sites for hydroxylation is 1. The number of fused-ring (bicyclic) bond motifs is 1. The molecule has 11 heteroatoms. The van der Waals surface area contributed by atoms with Gasteiger partial charge >= 0.3 is 0 Å². The summed E-state index contributed by atoms with van der Waals surface area (Å²) in [5.41, 5.74) is 12.1. The number of carbonyl (C=O) groups is 1. The summed E-state index contributed by atoms with van der Waals surface area (Å²) in [4.78, 5) is 18.1. The number of halogens is 2. The van der Waals surface area contributed by atoms with Gasteiger partial charge in [-0.25, -0.2) is 13.8 Å². The molecule has 4 rings (SSSR count). The Morgan fingerprint density at radius 2 is 1.94 bits per heavy atom. The lowest BCUT2D eigenvalue weighted by molar-refractivity contribution is 0.100. The molecule has 0 bridgehead atoms. The van der Waals surface area contributed by atoms with Gasteiger partial charge in [-0.2, -0.15) is 5.10 Å². The van der Waals surface area contributed by atoms with E-state index in [0.29, 0.717) is 28.3 Å². The third kappa shape index (κ3) is 4.74. The molecule has 0 aliphatic heterocycles. The van der Waals surface area contributed by atoms with Gasteiger partial charge < -0.3 is 27.0 Å². The van der Waals surface area contributed by atoms with Crippen LogP contribution in [0.25, 0.3) is 10.9 Å². The Bertz CT molecular complexity index is 1240. The maximum Gasteiger partial charge on any atom is 0.252 e. The second-order valence-corrected chi connectivity index (χ2v) is 9.19. The fraction of sp³-hybridized carbons (Fsp3) is 0.435. The van der Waals surface area contributed by atoms with Crippen molar-refractivity contribution in [2.24, 2.45) is 24.4 Å². The molecule has 1 aromatic carbocycles. The minimum atomic E-state index is -0.862. The highest BCUT2D eigenvalue weighted by atomic mass is 19.1. The summed E-state index contributed by atoms with van der Waals surface area (Å²) in [7, 11) is 5.27. The van der Waals surface area contributed by atoms with Crippen LogP contribution in [0.1, 0.15) is 36.5 Å². The highest BCUT2D eigenvalue weighted by Crippen LogP contribution is 2.35. The Kier molecular flexibility index (Phi) is 6.30. The van der Waals surface area contributed by atoms with Crippen LogP contribution in [0, 0.1) is 17.6 Å². The maximum absolute atomic E-state index is 15.0. The molecule has 0 saturated heterocycles. The van der Waals surface area contributed by atoms with Crippen molar-refractivity contribution in [3.05, 3.63) is 35.4 Å². The van der Waals surface area contributed by atoms with Gasteiger partial charge in [0.1, 0.15) is 11.3 Å². The van der Waals surface area contributed by atoms with E-state index >= 15 is 0 Å². The zero-order chi connectivity index (χ0) is 24.7. The van der Waals surface area contributed by atoms with Crippen molar-refractivity contribution in [2.75, 3.05) is 29.6 Å². The molecule has 1 aliphatic rings. The number of carbonyl (C=O) groups excluding carboxylic acids is 1. The SMILES string of the molecule is C[C@H](N)[C@@H](CC1CC1)Nc1nc(Nc2cc(F)c3c(c2)c(N(C)C)nn3C)c(C(N)=O)cc1F. The van der Waals surface area contributed by atoms with Crippen LogP contribution in [-0.2, 0) is 7.05 Å². The number of nitrogens with two attached hydrogens (primary N) is 2. The van der Waals surface area contributed by atoms with E-state index in [4.69, 9.17) is 11.5 Å². The summed E-state index contributed by atoms with van der Waals surface area (Å²) in [6, 6.07) is 3.57. The highest BCUT2D eigenvalue weighted by Gasteiger charge is 2.28. The number of anilines is 4. The van der Waals surface area contributed by atoms with E-state index in [2.05, 4.69) is 20.7 Å². The van der Waals surface area contributed by atoms with E-state index in [0.717, 1.165) is 25.3 Å². The zero-order valence-electron chi connectivity index (χ0n) is 19.7. The summed E-state index contributed by atoms with van der Waals surface area (Å²) >= 11 is 0. The number of nitrogens with one attached hydrogen (secondary N) is 2. The van der Waals surface area contributed by atoms with E-state index in [1.54, 1.807) is 32.1 Å². The average Bonchev–Trinajstić information content (AvgIpc) is 3.50. The van der Waals surface area contributed by atoms with Crippen LogP contribution in [0.3, 0.4) is 0 Å². The van der Waals surface area contributed by atoms with Crippen molar-refractivity contribution in [2.45, 2.75) is 38.3 Å². The zero-order valence-corrected chi connectivity index (χ0v) is 19.7. The van der Waals surface area contributed by atoms with Crippen LogP contribution in [-0.4, -0.2) is 46.9 Å². The number of pyridine rings is 1. The Morgan fingerprint density at radius 1 is 1.24 bits per heavy atom. The van der Waals surface area contributed by atoms with Gasteiger partial charge in [-0.05, 0) is 37.5 Å². The molecule has 34 heavy (non-hydrogen) atoms. The molecule has 9 nitrogen and oxygen atoms in total. The van der Waals surface area contributed by atoms with Crippen LogP contribution in [0.2, 0.25) is 0 Å². The molecule has 1 amide bonds. The topological polar surface area (TPSA) is 127 Å². The molecule has 0 spiro atoms. The minimum absolute atomic E-state index is 0.0142. The maximum atomic E-state index is 15.0. The smallest absolute Gasteiger partial charge is 0.252 e. The van der Waals surface area contributed by atoms with Crippen molar-refractivity contribution in [3.8, 4) is 0 Å². The second-order valence-electron chi connectivity index (χ2n) is 9.19. The Balaban J connectivity index is 1.73. The first kappa shape index (κ1) is 23.7. The molecule has 1 aliphatic carbocycles. The van der Waals surface area contributed by atoms with Crippen LogP contribution in [0.15, 0.2) is 18.2 Å². The summed E-state index contributed by atoms with van der Waals surface area (Å²) in [6.45, 7) is 1.85. The van der Waals surface area contributed by atoms with Crippen LogP contribution >= 0.6 is 0 Å². The molecule has 6 N–H and O–H groups in total. The fourth-order valence-corrected chi connectivity index (χ4v) is 4.05. The number of primary amides is 1. The Hall–Kier alpha value is -3.47. The third-order valence-corrected chi connectivity index (χ3v) is 6.04. The lowest BCUT2D eigenvalue weighted by atomic mass is 10.0. The largest absolute Gasteiger partial charge is 0.365 e. The number of nitrogens with zero attached hydrogens (tertiary/aromatic N) is 4. The average molecular weight is 473 g/mol. The molecule has 0 radical (unpaired) electrons. The first-order valence-electron chi connectivity index (χ1n) is 11.2. The number of amides is 1. The first-order valence-corrected chi connectivity index (χ1v) is 11.2. The molecule has 2 heterocycles. The lowest BCUT2D eigenvalue weighted by Crippen LogP contribution is -2.39. The third-order valence-electron chi connectivity index (χ3n) is 6.04. The molecule has 1 saturated carbocycles. The minimum Gasteiger partial charge on any atom is -0.365 e. The van der Waals surface area contributed by atoms with E-state index in [1.165, 1.54) is 10.7 Å². The summed E-state index contributed by atoms with van der Waals surface area (Å²) in [5.74, 6) is -0.986. The summed E-state index contributed by atoms with van der Waals surface area (Å²) < 4.78 is 31.3. The Morgan fingerprint density at radius 3 is 2.53 bits per heavy atom. The van der Waals surface area contributed by atoms with Crippen molar-refractivity contribution in [1.82, 2.24) is 14.8 Å². The molecule has 2 atom stereocenters. The number of rotatable bonds is 9. The predicted octanol–water partition coefficient (Wildman–Crippen LogP) is 3.08. The van der Waals surface area contributed by atoms with Gasteiger partial charge in [0.2, 0.25) is 0 Å². The van der Waals surface area contributed by atoms with Crippen molar-refractivity contribution < 1.29 is 13.6 Å². The molecular weight excluding hydrogens is 442 g/mol. The monoisotopic (exact) mass is 472 g/mol. The van der Waals surface area contributed by atoms with Crippen molar-refractivity contribution in [3.63, 3.8) is 0 Å². The predicted molar refractivity (Wildman–Crippen MR) is 129 cm³/mol. The quantitative estimate of drug-likeness (QED) is 0.377. The van der Waals surface area contributed by atoms with Crippen LogP contribution < -0.4 is 27.0 Å². The van der Waals surface area contributed by atoms with Gasteiger partial charge in [0.15, 0.2) is 23.3 Å². The lowest BCUT2D eigenvalue weighted by Gasteiger charge is -2.24. The van der Waals surface area contributed by atoms with Crippen LogP contribution in [0.5, 0.6) is 0 Å². The molecule has 0 unspecified atom stereocenters. The van der Waals surface area contributed by atoms with Gasteiger partial charge in [0.25, 0.3) is 5.91 Å². The van der Waals surface area contributed by atoms with E-state index in [1.807, 2.05) is 6.92 Å². The second kappa shape index (κ2) is 9.05. The van der Waals surface area contributed by atoms with Gasteiger partial charge in [-0.3, -0.25) is 9.48 Å². The molecule has 182 valence electrons. The number of hydrogen-bond acceptors (Lipinski definition) is 7. The summed E-state index contributed by atoms with van der Waals surface area (Å²) in [5, 5.41) is 10.9. The molecule has 1 fully saturated rings. The highest BCUT2D eigenvalue weighted by molar-refractivity contribution is 5.99.